The molecule has 0 unspecified atom stereocenters. The predicted molar refractivity (Wildman–Crippen MR) is 92.2 cm³/mol. The molecule has 0 aromatic heterocycles. The molecule has 2 aromatic carbocycles. The first-order chi connectivity index (χ1) is 12.3. The molecule has 6 nitrogen and oxygen atoms in total. The Morgan fingerprint density at radius 2 is 1.76 bits per heavy atom. The van der Waals surface area contributed by atoms with E-state index in [4.69, 9.17) is 14.2 Å². The van der Waals surface area contributed by atoms with Crippen molar-refractivity contribution in [3.63, 3.8) is 0 Å². The molecule has 2 aliphatic rings. The van der Waals surface area contributed by atoms with Crippen molar-refractivity contribution >= 4 is 11.6 Å². The van der Waals surface area contributed by atoms with Crippen molar-refractivity contribution in [3.05, 3.63) is 53.6 Å². The van der Waals surface area contributed by atoms with E-state index in [1.807, 2.05) is 30.3 Å². The van der Waals surface area contributed by atoms with E-state index in [0.717, 1.165) is 32.8 Å². The SMILES string of the molecule is O=C(Nc1ccc2c(c1)OCO2)c1ccc(C[NH+]2CCOCC2)cc1. The van der Waals surface area contributed by atoms with Crippen molar-refractivity contribution in [1.29, 1.82) is 0 Å². The van der Waals surface area contributed by atoms with Crippen molar-refractivity contribution < 1.29 is 23.9 Å². The van der Waals surface area contributed by atoms with Gasteiger partial charge >= 0.3 is 0 Å². The average Bonchev–Trinajstić information content (AvgIpc) is 3.11. The molecule has 1 fully saturated rings. The number of ether oxygens (including phenoxy) is 3. The Hall–Kier alpha value is -2.57. The fourth-order valence-electron chi connectivity index (χ4n) is 3.08. The average molecular weight is 341 g/mol. The highest BCUT2D eigenvalue weighted by Crippen LogP contribution is 2.34. The zero-order valence-corrected chi connectivity index (χ0v) is 13.9. The largest absolute Gasteiger partial charge is 0.454 e. The summed E-state index contributed by atoms with van der Waals surface area (Å²) in [5.41, 5.74) is 2.56. The highest BCUT2D eigenvalue weighted by molar-refractivity contribution is 6.04. The molecule has 0 radical (unpaired) electrons. The molecule has 0 bridgehead atoms. The number of morpholine rings is 1. The quantitative estimate of drug-likeness (QED) is 0.874. The van der Waals surface area contributed by atoms with Crippen LogP contribution in [0.1, 0.15) is 15.9 Å². The Labute approximate surface area is 146 Å². The van der Waals surface area contributed by atoms with Gasteiger partial charge in [-0.1, -0.05) is 12.1 Å². The lowest BCUT2D eigenvalue weighted by Crippen LogP contribution is -3.12. The van der Waals surface area contributed by atoms with Gasteiger partial charge in [0.15, 0.2) is 11.5 Å². The molecule has 2 heterocycles. The fraction of sp³-hybridized carbons (Fsp3) is 0.316. The van der Waals surface area contributed by atoms with Gasteiger partial charge in [-0.2, -0.15) is 0 Å². The highest BCUT2D eigenvalue weighted by Gasteiger charge is 2.16. The number of carbonyl (C=O) groups is 1. The first-order valence-electron chi connectivity index (χ1n) is 8.49. The second kappa shape index (κ2) is 7.13. The summed E-state index contributed by atoms with van der Waals surface area (Å²) in [6.07, 6.45) is 0. The first-order valence-corrected chi connectivity index (χ1v) is 8.49. The Morgan fingerprint density at radius 1 is 1.00 bits per heavy atom. The number of quaternary nitrogens is 1. The van der Waals surface area contributed by atoms with Crippen LogP contribution >= 0.6 is 0 Å². The number of rotatable bonds is 4. The first kappa shape index (κ1) is 15.9. The van der Waals surface area contributed by atoms with Crippen molar-refractivity contribution in [1.82, 2.24) is 0 Å². The molecular formula is C19H21N2O4+. The summed E-state index contributed by atoms with van der Waals surface area (Å²) >= 11 is 0. The number of amides is 1. The lowest BCUT2D eigenvalue weighted by Gasteiger charge is -2.23. The molecule has 0 aliphatic carbocycles. The molecule has 6 heteroatoms. The standard InChI is InChI=1S/C19H20N2O4/c22-19(20-16-5-6-17-18(11-16)25-13-24-17)15-3-1-14(2-4-15)12-21-7-9-23-10-8-21/h1-6,11H,7-10,12-13H2,(H,20,22)/p+1. The van der Waals surface area contributed by atoms with Gasteiger partial charge in [0.25, 0.3) is 5.91 Å². The number of anilines is 1. The minimum absolute atomic E-state index is 0.135. The Bertz CT molecular complexity index is 755. The van der Waals surface area contributed by atoms with Gasteiger partial charge in [0.05, 0.1) is 13.2 Å². The normalized spacial score (nSPS) is 16.6. The van der Waals surface area contributed by atoms with Crippen LogP contribution in [0.3, 0.4) is 0 Å². The molecule has 0 spiro atoms. The summed E-state index contributed by atoms with van der Waals surface area (Å²) in [6, 6.07) is 13.2. The second-order valence-corrected chi connectivity index (χ2v) is 6.26. The summed E-state index contributed by atoms with van der Waals surface area (Å²) in [5.74, 6) is 1.22. The van der Waals surface area contributed by atoms with Crippen LogP contribution in [-0.2, 0) is 11.3 Å². The Kier molecular flexibility index (Phi) is 4.54. The summed E-state index contributed by atoms with van der Waals surface area (Å²) in [4.78, 5) is 13.9. The molecule has 130 valence electrons. The van der Waals surface area contributed by atoms with Crippen molar-refractivity contribution in [2.75, 3.05) is 38.4 Å². The van der Waals surface area contributed by atoms with Crippen molar-refractivity contribution in [3.8, 4) is 11.5 Å². The fourth-order valence-corrected chi connectivity index (χ4v) is 3.08. The molecule has 2 aliphatic heterocycles. The number of benzene rings is 2. The van der Waals surface area contributed by atoms with Crippen molar-refractivity contribution in [2.24, 2.45) is 0 Å². The number of fused-ring (bicyclic) bond motifs is 1. The van der Waals surface area contributed by atoms with E-state index in [0.29, 0.717) is 22.7 Å². The Morgan fingerprint density at radius 3 is 2.56 bits per heavy atom. The number of hydrogen-bond donors (Lipinski definition) is 2. The topological polar surface area (TPSA) is 61.2 Å². The summed E-state index contributed by atoms with van der Waals surface area (Å²) in [7, 11) is 0. The molecule has 1 saturated heterocycles. The van der Waals surface area contributed by atoms with E-state index in [1.54, 1.807) is 12.1 Å². The lowest BCUT2D eigenvalue weighted by atomic mass is 10.1. The van der Waals surface area contributed by atoms with Crippen LogP contribution in [0.15, 0.2) is 42.5 Å². The van der Waals surface area contributed by atoms with E-state index < -0.39 is 0 Å². The van der Waals surface area contributed by atoms with Gasteiger partial charge in [-0.05, 0) is 24.3 Å². The van der Waals surface area contributed by atoms with Gasteiger partial charge in [-0.25, -0.2) is 0 Å². The molecular weight excluding hydrogens is 320 g/mol. The van der Waals surface area contributed by atoms with Crippen LogP contribution in [0, 0.1) is 0 Å². The maximum atomic E-state index is 12.4. The Balaban J connectivity index is 1.38. The van der Waals surface area contributed by atoms with Crippen LogP contribution in [0.5, 0.6) is 11.5 Å². The zero-order valence-electron chi connectivity index (χ0n) is 13.9. The van der Waals surface area contributed by atoms with Gasteiger partial charge in [-0.3, -0.25) is 4.79 Å². The monoisotopic (exact) mass is 341 g/mol. The lowest BCUT2D eigenvalue weighted by molar-refractivity contribution is -0.921. The van der Waals surface area contributed by atoms with Crippen molar-refractivity contribution in [2.45, 2.75) is 6.54 Å². The molecule has 0 saturated carbocycles. The van der Waals surface area contributed by atoms with Gasteiger partial charge in [0.2, 0.25) is 6.79 Å². The number of hydrogen-bond acceptors (Lipinski definition) is 4. The van der Waals surface area contributed by atoms with Crippen LogP contribution in [0.25, 0.3) is 0 Å². The third-order valence-electron chi connectivity index (χ3n) is 4.50. The number of nitrogens with one attached hydrogen (secondary N) is 2. The van der Waals surface area contributed by atoms with Crippen LogP contribution in [0.2, 0.25) is 0 Å². The van der Waals surface area contributed by atoms with Gasteiger partial charge in [0, 0.05) is 22.9 Å². The van der Waals surface area contributed by atoms with E-state index >= 15 is 0 Å². The van der Waals surface area contributed by atoms with E-state index in [2.05, 4.69) is 5.32 Å². The van der Waals surface area contributed by atoms with Gasteiger partial charge in [-0.15, -0.1) is 0 Å². The molecule has 0 atom stereocenters. The zero-order chi connectivity index (χ0) is 17.1. The van der Waals surface area contributed by atoms with Gasteiger partial charge < -0.3 is 24.4 Å². The van der Waals surface area contributed by atoms with E-state index in [-0.39, 0.29) is 12.7 Å². The maximum Gasteiger partial charge on any atom is 0.255 e. The molecule has 2 aromatic rings. The van der Waals surface area contributed by atoms with E-state index in [1.165, 1.54) is 10.5 Å². The summed E-state index contributed by atoms with van der Waals surface area (Å²) in [6.45, 7) is 4.90. The summed E-state index contributed by atoms with van der Waals surface area (Å²) < 4.78 is 16.0. The predicted octanol–water partition coefficient (Wildman–Crippen LogP) is 1.08. The third-order valence-corrected chi connectivity index (χ3v) is 4.50. The highest BCUT2D eigenvalue weighted by atomic mass is 16.7. The molecule has 1 amide bonds. The third kappa shape index (κ3) is 3.75. The van der Waals surface area contributed by atoms with Crippen LogP contribution in [0.4, 0.5) is 5.69 Å². The van der Waals surface area contributed by atoms with E-state index in [9.17, 15) is 4.79 Å². The minimum atomic E-state index is -0.135. The van der Waals surface area contributed by atoms with Gasteiger partial charge in [0.1, 0.15) is 19.6 Å². The molecule has 25 heavy (non-hydrogen) atoms. The maximum absolute atomic E-state index is 12.4. The molecule has 4 rings (SSSR count). The number of carbonyl (C=O) groups excluding carboxylic acids is 1. The second-order valence-electron chi connectivity index (χ2n) is 6.26. The van der Waals surface area contributed by atoms with Crippen LogP contribution in [-0.4, -0.2) is 39.0 Å². The summed E-state index contributed by atoms with van der Waals surface area (Å²) in [5, 5.41) is 2.89. The minimum Gasteiger partial charge on any atom is -0.454 e. The molecule has 2 N–H and O–H groups in total. The smallest absolute Gasteiger partial charge is 0.255 e. The van der Waals surface area contributed by atoms with Crippen LogP contribution < -0.4 is 19.7 Å².